The van der Waals surface area contributed by atoms with Gasteiger partial charge < -0.3 is 35.1 Å². The van der Waals surface area contributed by atoms with Crippen LogP contribution >= 0.6 is 60.2 Å². The SMILES string of the molecule is C.C.C#Cc1ccccn1.CCC(=O)c1ccc(Br)cc1N.CCC(=O)c1ccc(Br)cc1NC(=O)C(C)(C)OC.COC(C)(C)C(=O)O.COC(C)(C)c1nc2cc(Br)ccc2c(=O)n1C.COC(C)(C)c1nc2cc(C#Cc3ccccn3)ccc2c(=O)n1C.Cl. The van der Waals surface area contributed by atoms with Gasteiger partial charge in [0.15, 0.2) is 17.2 Å². The third-order valence-electron chi connectivity index (χ3n) is 13.6. The first-order valence-corrected chi connectivity index (χ1v) is 30.2. The quantitative estimate of drug-likeness (QED) is 0.0550. The van der Waals surface area contributed by atoms with Crippen LogP contribution in [0.5, 0.6) is 0 Å². The fourth-order valence-corrected chi connectivity index (χ4v) is 8.45. The van der Waals surface area contributed by atoms with E-state index in [0.29, 0.717) is 80.2 Å². The molecule has 8 rings (SSSR count). The van der Waals surface area contributed by atoms with Crippen LogP contribution in [0.4, 0.5) is 11.4 Å². The van der Waals surface area contributed by atoms with Gasteiger partial charge in [0.1, 0.15) is 39.8 Å². The molecule has 4 aromatic heterocycles. The van der Waals surface area contributed by atoms with E-state index in [1.807, 2.05) is 95.3 Å². The zero-order chi connectivity index (χ0) is 67.9. The number of carbonyl (C=O) groups excluding carboxylic acids is 3. The van der Waals surface area contributed by atoms with Gasteiger partial charge in [-0.25, -0.2) is 24.7 Å². The number of ketones is 2. The Morgan fingerprint density at radius 3 is 1.43 bits per heavy atom. The summed E-state index contributed by atoms with van der Waals surface area (Å²) in [7, 11) is 9.47. The Morgan fingerprint density at radius 2 is 1.02 bits per heavy atom. The van der Waals surface area contributed by atoms with E-state index < -0.39 is 28.4 Å². The maximum absolute atomic E-state index is 12.6. The maximum atomic E-state index is 12.6. The first-order valence-electron chi connectivity index (χ1n) is 27.8. The smallest absolute Gasteiger partial charge is 0.335 e. The van der Waals surface area contributed by atoms with Crippen LogP contribution in [-0.2, 0) is 53.8 Å². The summed E-state index contributed by atoms with van der Waals surface area (Å²) in [5.41, 5.74) is 7.81. The molecule has 0 atom stereocenters. The number of Topliss-reactive ketones (excluding diaryl/α,β-unsaturated/α-hetero) is 2. The van der Waals surface area contributed by atoms with Gasteiger partial charge in [-0.05, 0) is 158 Å². The van der Waals surface area contributed by atoms with E-state index in [4.69, 9.17) is 31.5 Å². The van der Waals surface area contributed by atoms with E-state index in [0.717, 1.165) is 19.0 Å². The minimum atomic E-state index is -1.04. The molecule has 4 N–H and O–H groups in total. The van der Waals surface area contributed by atoms with E-state index in [2.05, 4.69) is 95.5 Å². The predicted molar refractivity (Wildman–Crippen MR) is 385 cm³/mol. The number of carboxylic acids is 1. The zero-order valence-corrected chi connectivity index (χ0v) is 59.4. The fourth-order valence-electron chi connectivity index (χ4n) is 7.36. The monoisotopic (exact) mass is 1490 g/mol. The molecule has 0 spiro atoms. The number of rotatable bonds is 13. The first-order chi connectivity index (χ1) is 42.2. The molecule has 0 radical (unpaired) electrons. The van der Waals surface area contributed by atoms with Crippen molar-refractivity contribution < 1.29 is 43.2 Å². The fraction of sp³-hybridized carbons (Fsp3) is 0.343. The van der Waals surface area contributed by atoms with Crippen molar-refractivity contribution in [1.82, 2.24) is 29.1 Å². The molecule has 0 unspecified atom stereocenters. The van der Waals surface area contributed by atoms with Gasteiger partial charge in [-0.3, -0.25) is 33.1 Å². The van der Waals surface area contributed by atoms with Crippen molar-refractivity contribution in [1.29, 1.82) is 0 Å². The molecule has 0 saturated carbocycles. The number of nitrogens with two attached hydrogens (primary N) is 1. The lowest BCUT2D eigenvalue weighted by molar-refractivity contribution is -0.157. The van der Waals surface area contributed by atoms with Crippen molar-refractivity contribution >= 4 is 117 Å². The zero-order valence-electron chi connectivity index (χ0n) is 53.9. The average Bonchev–Trinajstić information content (AvgIpc) is 0.785. The van der Waals surface area contributed by atoms with Crippen LogP contribution in [0.25, 0.3) is 21.8 Å². The second-order valence-corrected chi connectivity index (χ2v) is 24.2. The molecule has 1 amide bonds. The number of aromatic nitrogens is 6. The number of amides is 1. The highest BCUT2D eigenvalue weighted by molar-refractivity contribution is 9.11. The number of fused-ring (bicyclic) bond motifs is 2. The Balaban J connectivity index is 0.00000113. The van der Waals surface area contributed by atoms with Crippen LogP contribution in [0.1, 0.15) is 146 Å². The summed E-state index contributed by atoms with van der Waals surface area (Å²) in [6.07, 6.45) is 9.30. The van der Waals surface area contributed by atoms with Crippen LogP contribution in [-0.4, -0.2) is 97.3 Å². The number of hydrogen-bond acceptors (Lipinski definition) is 15. The van der Waals surface area contributed by atoms with Crippen molar-refractivity contribution in [2.24, 2.45) is 14.1 Å². The number of terminal acetylenes is 1. The van der Waals surface area contributed by atoms with E-state index in [1.54, 1.807) is 115 Å². The summed E-state index contributed by atoms with van der Waals surface area (Å²) in [6.45, 7) is 17.5. The van der Waals surface area contributed by atoms with Crippen molar-refractivity contribution in [2.75, 3.05) is 39.5 Å². The number of benzene rings is 4. The third-order valence-corrected chi connectivity index (χ3v) is 15.1. The number of nitrogen functional groups attached to an aromatic ring is 1. The van der Waals surface area contributed by atoms with Gasteiger partial charge >= 0.3 is 5.97 Å². The molecule has 0 aliphatic carbocycles. The first kappa shape index (κ1) is 85.2. The minimum absolute atomic E-state index is 0. The normalized spacial score (nSPS) is 10.6. The second-order valence-electron chi connectivity index (χ2n) is 21.4. The van der Waals surface area contributed by atoms with Crippen molar-refractivity contribution in [3.05, 3.63) is 195 Å². The number of nitrogens with one attached hydrogen (secondary N) is 1. The number of ether oxygens (including phenoxy) is 4. The van der Waals surface area contributed by atoms with Crippen LogP contribution in [0.3, 0.4) is 0 Å². The van der Waals surface area contributed by atoms with E-state index in [1.165, 1.54) is 32.6 Å². The van der Waals surface area contributed by atoms with Crippen molar-refractivity contribution in [3.63, 3.8) is 0 Å². The van der Waals surface area contributed by atoms with Crippen LogP contribution in [0.15, 0.2) is 145 Å². The van der Waals surface area contributed by atoms with Crippen molar-refractivity contribution in [2.45, 2.75) is 119 Å². The van der Waals surface area contributed by atoms with Gasteiger partial charge in [0.2, 0.25) is 0 Å². The Morgan fingerprint density at radius 1 is 0.591 bits per heavy atom. The summed E-state index contributed by atoms with van der Waals surface area (Å²) in [6, 6.07) is 32.4. The third kappa shape index (κ3) is 24.9. The Labute approximate surface area is 577 Å². The molecule has 23 heteroatoms. The lowest BCUT2D eigenvalue weighted by Gasteiger charge is -2.24. The highest BCUT2D eigenvalue weighted by Crippen LogP contribution is 2.27. The lowest BCUT2D eigenvalue weighted by Crippen LogP contribution is -2.39. The molecular weight excluding hydrogens is 1400 g/mol. The molecule has 4 heterocycles. The van der Waals surface area contributed by atoms with Crippen LogP contribution in [0.2, 0.25) is 0 Å². The Hall–Kier alpha value is -7.77. The molecule has 4 aromatic carbocycles. The molecule has 0 aliphatic heterocycles. The van der Waals surface area contributed by atoms with E-state index in [9.17, 15) is 28.8 Å². The molecule has 0 bridgehead atoms. The number of methoxy groups -OCH3 is 4. The molecule has 500 valence electrons. The van der Waals surface area contributed by atoms with Gasteiger partial charge in [0.05, 0.1) is 27.5 Å². The molecule has 19 nitrogen and oxygen atoms in total. The van der Waals surface area contributed by atoms with Gasteiger partial charge in [-0.1, -0.05) is 100 Å². The number of carbonyl (C=O) groups is 4. The highest BCUT2D eigenvalue weighted by atomic mass is 79.9. The molecule has 0 fully saturated rings. The summed E-state index contributed by atoms with van der Waals surface area (Å²) >= 11 is 9.99. The maximum Gasteiger partial charge on any atom is 0.335 e. The predicted octanol–water partition coefficient (Wildman–Crippen LogP) is 14.5. The van der Waals surface area contributed by atoms with Crippen LogP contribution < -0.4 is 22.2 Å². The van der Waals surface area contributed by atoms with Crippen LogP contribution in [0, 0.1) is 24.2 Å². The summed E-state index contributed by atoms with van der Waals surface area (Å²) in [4.78, 5) is 87.4. The van der Waals surface area contributed by atoms with Crippen molar-refractivity contribution in [3.8, 4) is 24.2 Å². The Kier molecular flexibility index (Phi) is 35.8. The number of pyridine rings is 2. The number of carboxylic acid groups (broad SMARTS) is 1. The lowest BCUT2D eigenvalue weighted by atomic mass is 10.0. The standard InChI is InChI=1S/C20H19N3O2.C14H18BrNO3.C13H15BrN2O2.C9H10BrNO.C7H5N.C5H10O3.2CH4.ClH/c1-20(2,25-4)19-22-17-13-14(8-10-15-7-5-6-12-21-15)9-11-16(17)18(24)23(19)3;1-5-12(17)10-7-6-9(15)8-11(10)16-13(18)14(2,3)19-4;1-13(2,18-4)12-15-10-7-8(14)5-6-9(10)11(17)16(12)3;1-2-9(12)7-4-3-6(10)5-8(7)11;1-2-7-5-3-4-6-8-7;1-5(2,8-3)4(6)7;;;/h5-7,9,11-13H,1-4H3;6-8H,5H2,1-4H3,(H,16,18);5-7H,1-4H3;3-5H,2,11H2,1H3;1,3-6H;1-3H3,(H,6,7);2*1H4;1H. The number of aliphatic carboxylic acids is 1. The average molecular weight is 1490 g/mol. The summed E-state index contributed by atoms with van der Waals surface area (Å²) < 4.78 is 26.3. The van der Waals surface area contributed by atoms with Gasteiger partial charge in [-0.15, -0.1) is 18.8 Å². The molecule has 0 aliphatic rings. The number of hydrogen-bond donors (Lipinski definition) is 3. The van der Waals surface area contributed by atoms with Gasteiger partial charge in [0.25, 0.3) is 17.0 Å². The number of anilines is 2. The molecule has 0 saturated heterocycles. The Bertz CT molecular complexity index is 4050. The molecule has 93 heavy (non-hydrogen) atoms. The topological polar surface area (TPSA) is 259 Å². The second kappa shape index (κ2) is 39.1. The number of halogens is 4. The van der Waals surface area contributed by atoms with Gasteiger partial charge in [0, 0.05) is 104 Å². The van der Waals surface area contributed by atoms with Gasteiger partial charge in [-0.2, -0.15) is 0 Å². The highest BCUT2D eigenvalue weighted by Gasteiger charge is 2.30. The molecular formula is C70H86Br3ClN8O11. The largest absolute Gasteiger partial charge is 0.479 e. The minimum Gasteiger partial charge on any atom is -0.479 e. The summed E-state index contributed by atoms with van der Waals surface area (Å²) in [5.74, 6) is 8.51. The van der Waals surface area contributed by atoms with E-state index in [-0.39, 0.29) is 55.9 Å². The van der Waals surface area contributed by atoms with E-state index >= 15 is 0 Å². The molecule has 8 aromatic rings. The number of nitrogens with zero attached hydrogens (tertiary/aromatic N) is 6. The summed E-state index contributed by atoms with van der Waals surface area (Å²) in [5, 5.41) is 12.2.